The largest absolute Gasteiger partial charge is 0.373 e. The highest BCUT2D eigenvalue weighted by molar-refractivity contribution is 6.66. The second kappa shape index (κ2) is 2.87. The van der Waals surface area contributed by atoms with Crippen molar-refractivity contribution in [2.75, 3.05) is 6.61 Å². The van der Waals surface area contributed by atoms with Gasteiger partial charge in [-0.05, 0) is 6.42 Å². The van der Waals surface area contributed by atoms with Crippen molar-refractivity contribution in [1.29, 1.82) is 0 Å². The molecule has 0 spiro atoms. The number of hydrogen-bond acceptors (Lipinski definition) is 2. The second-order valence-electron chi connectivity index (χ2n) is 1.90. The van der Waals surface area contributed by atoms with Gasteiger partial charge in [0.1, 0.15) is 0 Å². The SMILES string of the molecule is O=C[B]CCC1CO1. The van der Waals surface area contributed by atoms with E-state index in [1.165, 1.54) is 0 Å². The average molecular weight is 111 g/mol. The molecule has 0 aromatic rings. The second-order valence-corrected chi connectivity index (χ2v) is 1.90. The summed E-state index contributed by atoms with van der Waals surface area (Å²) in [7, 11) is 1.63. The van der Waals surface area contributed by atoms with Crippen molar-refractivity contribution >= 4 is 13.5 Å². The van der Waals surface area contributed by atoms with Crippen LogP contribution in [0.15, 0.2) is 0 Å². The molecule has 1 aliphatic heterocycles. The summed E-state index contributed by atoms with van der Waals surface area (Å²) in [4.78, 5) is 9.71. The lowest BCUT2D eigenvalue weighted by molar-refractivity contribution is 0.403. The van der Waals surface area contributed by atoms with Crippen LogP contribution in [0.2, 0.25) is 6.32 Å². The fourth-order valence-corrected chi connectivity index (χ4v) is 0.585. The quantitative estimate of drug-likeness (QED) is 0.222. The van der Waals surface area contributed by atoms with Gasteiger partial charge in [-0.2, -0.15) is 0 Å². The predicted molar refractivity (Wildman–Crippen MR) is 31.7 cm³/mol. The fraction of sp³-hybridized carbons (Fsp3) is 0.800. The third-order valence-electron chi connectivity index (χ3n) is 1.15. The summed E-state index contributed by atoms with van der Waals surface area (Å²) < 4.78 is 4.92. The van der Waals surface area contributed by atoms with E-state index in [9.17, 15) is 4.79 Å². The topological polar surface area (TPSA) is 29.6 Å². The highest BCUT2D eigenvalue weighted by Gasteiger charge is 2.20. The zero-order chi connectivity index (χ0) is 5.82. The minimum atomic E-state index is 0.464. The molecule has 1 fully saturated rings. The molecule has 1 aliphatic rings. The molecule has 8 heavy (non-hydrogen) atoms. The molecule has 0 bridgehead atoms. The van der Waals surface area contributed by atoms with Gasteiger partial charge in [0.2, 0.25) is 0 Å². The number of carbonyl (C=O) groups is 1. The number of hydrogen-bond donors (Lipinski definition) is 0. The maximum absolute atomic E-state index is 9.71. The summed E-state index contributed by atoms with van der Waals surface area (Å²) in [5.74, 6) is 0. The number of ether oxygens (including phenoxy) is 1. The van der Waals surface area contributed by atoms with Gasteiger partial charge in [-0.1, -0.05) is 6.32 Å². The lowest BCUT2D eigenvalue weighted by atomic mass is 9.75. The lowest BCUT2D eigenvalue weighted by Crippen LogP contribution is -1.93. The summed E-state index contributed by atoms with van der Waals surface area (Å²) in [6, 6.07) is 0. The van der Waals surface area contributed by atoms with E-state index in [-0.39, 0.29) is 0 Å². The molecular weight excluding hydrogens is 103 g/mol. The van der Waals surface area contributed by atoms with E-state index >= 15 is 0 Å². The highest BCUT2D eigenvalue weighted by Crippen LogP contribution is 2.14. The van der Waals surface area contributed by atoms with Crippen LogP contribution in [0.1, 0.15) is 6.42 Å². The molecule has 43 valence electrons. The van der Waals surface area contributed by atoms with Crippen molar-refractivity contribution in [2.45, 2.75) is 18.8 Å². The molecule has 0 saturated carbocycles. The van der Waals surface area contributed by atoms with Crippen LogP contribution in [0.5, 0.6) is 0 Å². The lowest BCUT2D eigenvalue weighted by Gasteiger charge is -1.84. The summed E-state index contributed by atoms with van der Waals surface area (Å²) in [6.45, 7) is 0.896. The van der Waals surface area contributed by atoms with Crippen molar-refractivity contribution in [3.8, 4) is 0 Å². The molecule has 1 atom stereocenters. The van der Waals surface area contributed by atoms with Crippen molar-refractivity contribution in [1.82, 2.24) is 0 Å². The van der Waals surface area contributed by atoms with Crippen LogP contribution in [0.4, 0.5) is 0 Å². The molecule has 1 saturated heterocycles. The molecule has 0 amide bonds. The van der Waals surface area contributed by atoms with Crippen LogP contribution in [0, 0.1) is 0 Å². The monoisotopic (exact) mass is 111 g/mol. The van der Waals surface area contributed by atoms with Gasteiger partial charge in [0.15, 0.2) is 7.28 Å². The standard InChI is InChI=1S/C5H8BO2/c7-4-6-2-1-5-3-8-5/h4-5H,1-3H2. The third-order valence-corrected chi connectivity index (χ3v) is 1.15. The molecule has 1 heterocycles. The maximum atomic E-state index is 9.71. The molecule has 0 aromatic carbocycles. The minimum Gasteiger partial charge on any atom is -0.373 e. The van der Waals surface area contributed by atoms with Gasteiger partial charge in [-0.15, -0.1) is 0 Å². The first-order chi connectivity index (χ1) is 3.93. The van der Waals surface area contributed by atoms with E-state index in [0.717, 1.165) is 25.5 Å². The van der Waals surface area contributed by atoms with E-state index in [2.05, 4.69) is 0 Å². The highest BCUT2D eigenvalue weighted by atomic mass is 16.6. The van der Waals surface area contributed by atoms with Gasteiger partial charge in [0, 0.05) is 0 Å². The Hall–Kier alpha value is -0.305. The molecule has 1 rings (SSSR count). The van der Waals surface area contributed by atoms with Crippen molar-refractivity contribution < 1.29 is 9.53 Å². The molecule has 0 aliphatic carbocycles. The van der Waals surface area contributed by atoms with Crippen LogP contribution in [0.3, 0.4) is 0 Å². The van der Waals surface area contributed by atoms with Crippen molar-refractivity contribution in [2.24, 2.45) is 0 Å². The van der Waals surface area contributed by atoms with Gasteiger partial charge in [0.25, 0.3) is 0 Å². The maximum Gasteiger partial charge on any atom is 0.197 e. The first-order valence-corrected chi connectivity index (χ1v) is 2.82. The van der Waals surface area contributed by atoms with Crippen LogP contribution >= 0.6 is 0 Å². The third kappa shape index (κ3) is 2.12. The van der Waals surface area contributed by atoms with E-state index in [4.69, 9.17) is 4.74 Å². The van der Waals surface area contributed by atoms with Crippen molar-refractivity contribution in [3.63, 3.8) is 0 Å². The van der Waals surface area contributed by atoms with Crippen LogP contribution in [-0.2, 0) is 9.53 Å². The molecular formula is C5H8BO2. The van der Waals surface area contributed by atoms with Crippen LogP contribution < -0.4 is 0 Å². The van der Waals surface area contributed by atoms with E-state index in [0.29, 0.717) is 6.10 Å². The van der Waals surface area contributed by atoms with Gasteiger partial charge >= 0.3 is 0 Å². The Kier molecular flexibility index (Phi) is 2.09. The average Bonchev–Trinajstić information content (AvgIpc) is 2.51. The molecule has 1 unspecified atom stereocenters. The normalized spacial score (nSPS) is 24.8. The summed E-state index contributed by atoms with van der Waals surface area (Å²) >= 11 is 0. The van der Waals surface area contributed by atoms with Crippen LogP contribution in [0.25, 0.3) is 0 Å². The zero-order valence-electron chi connectivity index (χ0n) is 4.67. The molecule has 0 N–H and O–H groups in total. The molecule has 1 radical (unpaired) electrons. The molecule has 0 aromatic heterocycles. The Morgan fingerprint density at radius 1 is 1.88 bits per heavy atom. The van der Waals surface area contributed by atoms with Gasteiger partial charge in [-0.3, -0.25) is 0 Å². The van der Waals surface area contributed by atoms with Gasteiger partial charge in [0.05, 0.1) is 18.9 Å². The Bertz CT molecular complexity index is 80.5. The summed E-state index contributed by atoms with van der Waals surface area (Å²) in [5, 5.41) is 0. The first kappa shape index (κ1) is 5.82. The first-order valence-electron chi connectivity index (χ1n) is 2.82. The predicted octanol–water partition coefficient (Wildman–Crippen LogP) is 0.0880. The Morgan fingerprint density at radius 3 is 3.12 bits per heavy atom. The number of epoxide rings is 1. The summed E-state index contributed by atoms with van der Waals surface area (Å²) in [5.41, 5.74) is 0. The van der Waals surface area contributed by atoms with Crippen molar-refractivity contribution in [3.05, 3.63) is 0 Å². The Labute approximate surface area is 49.5 Å². The smallest absolute Gasteiger partial charge is 0.197 e. The number of carbonyl (C=O) groups excluding carboxylic acids is 1. The Balaban J connectivity index is 1.80. The van der Waals surface area contributed by atoms with E-state index in [1.807, 2.05) is 0 Å². The fourth-order valence-electron chi connectivity index (χ4n) is 0.585. The summed E-state index contributed by atoms with van der Waals surface area (Å²) in [6.07, 6.45) is 3.18. The Morgan fingerprint density at radius 2 is 2.62 bits per heavy atom. The van der Waals surface area contributed by atoms with E-state index in [1.54, 1.807) is 7.28 Å². The van der Waals surface area contributed by atoms with Gasteiger partial charge < -0.3 is 9.53 Å². The molecule has 3 heteroatoms. The van der Waals surface area contributed by atoms with Crippen LogP contribution in [-0.4, -0.2) is 26.2 Å². The minimum absolute atomic E-state index is 0.464. The zero-order valence-corrected chi connectivity index (χ0v) is 4.67. The van der Waals surface area contributed by atoms with E-state index < -0.39 is 0 Å². The molecule has 2 nitrogen and oxygen atoms in total. The number of rotatable bonds is 4. The van der Waals surface area contributed by atoms with Gasteiger partial charge in [-0.25, -0.2) is 0 Å².